The molecule has 2 rings (SSSR count). The fraction of sp³-hybridized carbons (Fsp3) is 0.500. The van der Waals surface area contributed by atoms with Crippen molar-refractivity contribution in [3.05, 3.63) is 29.8 Å². The zero-order valence-electron chi connectivity index (χ0n) is 9.03. The van der Waals surface area contributed by atoms with Crippen LogP contribution in [-0.2, 0) is 0 Å². The Kier molecular flexibility index (Phi) is 4.92. The molecule has 2 nitrogen and oxygen atoms in total. The highest BCUT2D eigenvalue weighted by molar-refractivity contribution is 5.85. The smallest absolute Gasteiger partial charge is 0.119 e. The Labute approximate surface area is 97.4 Å². The Morgan fingerprint density at radius 2 is 2.33 bits per heavy atom. The van der Waals surface area contributed by atoms with Crippen LogP contribution in [0.3, 0.4) is 0 Å². The summed E-state index contributed by atoms with van der Waals surface area (Å²) >= 11 is 0. The first-order chi connectivity index (χ1) is 6.90. The van der Waals surface area contributed by atoms with E-state index < -0.39 is 0 Å². The van der Waals surface area contributed by atoms with Crippen LogP contribution in [0.5, 0.6) is 5.75 Å². The summed E-state index contributed by atoms with van der Waals surface area (Å²) in [5, 5.41) is 3.38. The highest BCUT2D eigenvalue weighted by Gasteiger charge is 2.16. The van der Waals surface area contributed by atoms with Crippen LogP contribution in [-0.4, -0.2) is 19.7 Å². The van der Waals surface area contributed by atoms with Crippen molar-refractivity contribution >= 4 is 12.4 Å². The zero-order chi connectivity index (χ0) is 9.80. The summed E-state index contributed by atoms with van der Waals surface area (Å²) in [6.07, 6.45) is 1.25. The highest BCUT2D eigenvalue weighted by Crippen LogP contribution is 2.25. The molecule has 1 fully saturated rings. The van der Waals surface area contributed by atoms with Crippen LogP contribution >= 0.6 is 12.4 Å². The van der Waals surface area contributed by atoms with E-state index in [0.29, 0.717) is 5.92 Å². The van der Waals surface area contributed by atoms with E-state index in [0.717, 1.165) is 25.4 Å². The van der Waals surface area contributed by atoms with Crippen molar-refractivity contribution in [2.24, 2.45) is 0 Å². The second-order valence-corrected chi connectivity index (χ2v) is 3.70. The van der Waals surface area contributed by atoms with Crippen molar-refractivity contribution in [2.75, 3.05) is 19.7 Å². The molecule has 1 saturated heterocycles. The molecule has 1 aromatic carbocycles. The van der Waals surface area contributed by atoms with E-state index >= 15 is 0 Å². The second kappa shape index (κ2) is 5.99. The Hall–Kier alpha value is -0.730. The molecule has 1 aromatic rings. The van der Waals surface area contributed by atoms with Gasteiger partial charge in [0.2, 0.25) is 0 Å². The number of benzene rings is 1. The van der Waals surface area contributed by atoms with E-state index in [1.54, 1.807) is 0 Å². The van der Waals surface area contributed by atoms with E-state index in [-0.39, 0.29) is 12.4 Å². The van der Waals surface area contributed by atoms with E-state index in [9.17, 15) is 0 Å². The molecule has 3 heteroatoms. The Balaban J connectivity index is 0.00000112. The normalized spacial score (nSPS) is 19.7. The van der Waals surface area contributed by atoms with Crippen molar-refractivity contribution in [2.45, 2.75) is 19.3 Å². The van der Waals surface area contributed by atoms with E-state index in [1.807, 2.05) is 13.0 Å². The highest BCUT2D eigenvalue weighted by atomic mass is 35.5. The quantitative estimate of drug-likeness (QED) is 0.857. The molecule has 84 valence electrons. The van der Waals surface area contributed by atoms with Gasteiger partial charge < -0.3 is 10.1 Å². The lowest BCUT2D eigenvalue weighted by Gasteiger charge is -2.10. The minimum absolute atomic E-state index is 0. The number of nitrogens with one attached hydrogen (secondary N) is 1. The number of rotatable bonds is 3. The number of hydrogen-bond donors (Lipinski definition) is 1. The van der Waals surface area contributed by atoms with Crippen molar-refractivity contribution in [1.29, 1.82) is 0 Å². The number of halogens is 1. The molecular formula is C12H18ClNO. The lowest BCUT2D eigenvalue weighted by atomic mass is 9.98. The van der Waals surface area contributed by atoms with Crippen molar-refractivity contribution in [3.63, 3.8) is 0 Å². The molecule has 1 unspecified atom stereocenters. The van der Waals surface area contributed by atoms with Crippen LogP contribution in [0.25, 0.3) is 0 Å². The molecule has 15 heavy (non-hydrogen) atoms. The van der Waals surface area contributed by atoms with Crippen LogP contribution in [0.15, 0.2) is 24.3 Å². The molecule has 1 aliphatic rings. The second-order valence-electron chi connectivity index (χ2n) is 3.70. The maximum Gasteiger partial charge on any atom is 0.119 e. The lowest BCUT2D eigenvalue weighted by Crippen LogP contribution is -2.08. The van der Waals surface area contributed by atoms with Crippen molar-refractivity contribution in [3.8, 4) is 5.75 Å². The van der Waals surface area contributed by atoms with Crippen molar-refractivity contribution in [1.82, 2.24) is 5.32 Å². The summed E-state index contributed by atoms with van der Waals surface area (Å²) in [6.45, 7) is 5.01. The van der Waals surface area contributed by atoms with Crippen LogP contribution in [0.1, 0.15) is 24.8 Å². The largest absolute Gasteiger partial charge is 0.494 e. The third-order valence-electron chi connectivity index (χ3n) is 2.70. The third kappa shape index (κ3) is 3.11. The van der Waals surface area contributed by atoms with Crippen LogP contribution in [0.2, 0.25) is 0 Å². The summed E-state index contributed by atoms with van der Waals surface area (Å²) in [6, 6.07) is 8.47. The van der Waals surface area contributed by atoms with Gasteiger partial charge in [-0.2, -0.15) is 0 Å². The van der Waals surface area contributed by atoms with Gasteiger partial charge in [0.1, 0.15) is 5.75 Å². The Morgan fingerprint density at radius 1 is 1.47 bits per heavy atom. The summed E-state index contributed by atoms with van der Waals surface area (Å²) in [5.41, 5.74) is 1.40. The standard InChI is InChI=1S/C12H17NO.ClH/c1-2-14-12-5-3-4-10(8-12)11-6-7-13-9-11;/h3-5,8,11,13H,2,6-7,9H2,1H3;1H. The predicted molar refractivity (Wildman–Crippen MR) is 65.1 cm³/mol. The average Bonchev–Trinajstić information content (AvgIpc) is 2.71. The van der Waals surface area contributed by atoms with Gasteiger partial charge >= 0.3 is 0 Å². The topological polar surface area (TPSA) is 21.3 Å². The number of hydrogen-bond acceptors (Lipinski definition) is 2. The van der Waals surface area contributed by atoms with E-state index in [2.05, 4.69) is 23.5 Å². The summed E-state index contributed by atoms with van der Waals surface area (Å²) in [7, 11) is 0. The van der Waals surface area contributed by atoms with Gasteiger partial charge in [0.25, 0.3) is 0 Å². The maximum atomic E-state index is 5.49. The molecule has 0 aliphatic carbocycles. The maximum absolute atomic E-state index is 5.49. The third-order valence-corrected chi connectivity index (χ3v) is 2.70. The molecule has 0 bridgehead atoms. The van der Waals surface area contributed by atoms with Gasteiger partial charge in [-0.3, -0.25) is 0 Å². The molecule has 1 aliphatic heterocycles. The summed E-state index contributed by atoms with van der Waals surface area (Å²) in [4.78, 5) is 0. The SMILES string of the molecule is CCOc1cccc(C2CCNC2)c1.Cl. The first-order valence-electron chi connectivity index (χ1n) is 5.33. The fourth-order valence-electron chi connectivity index (χ4n) is 1.96. The summed E-state index contributed by atoms with van der Waals surface area (Å²) in [5.74, 6) is 1.67. The molecule has 1 N–H and O–H groups in total. The number of ether oxygens (including phenoxy) is 1. The molecule has 0 saturated carbocycles. The molecule has 0 radical (unpaired) electrons. The Bertz CT molecular complexity index is 297. The van der Waals surface area contributed by atoms with E-state index in [4.69, 9.17) is 4.74 Å². The van der Waals surface area contributed by atoms with Gasteiger partial charge in [-0.1, -0.05) is 12.1 Å². The molecule has 0 amide bonds. The lowest BCUT2D eigenvalue weighted by molar-refractivity contribution is 0.339. The van der Waals surface area contributed by atoms with Gasteiger partial charge in [0.05, 0.1) is 6.61 Å². The minimum atomic E-state index is 0. The zero-order valence-corrected chi connectivity index (χ0v) is 9.85. The molecule has 0 aromatic heterocycles. The Morgan fingerprint density at radius 3 is 3.00 bits per heavy atom. The molecule has 0 spiro atoms. The monoisotopic (exact) mass is 227 g/mol. The van der Waals surface area contributed by atoms with Gasteiger partial charge in [-0.25, -0.2) is 0 Å². The first-order valence-corrected chi connectivity index (χ1v) is 5.33. The van der Waals surface area contributed by atoms with Crippen LogP contribution in [0.4, 0.5) is 0 Å². The van der Waals surface area contributed by atoms with Crippen LogP contribution < -0.4 is 10.1 Å². The average molecular weight is 228 g/mol. The molecule has 1 heterocycles. The first kappa shape index (κ1) is 12.3. The van der Waals surface area contributed by atoms with Crippen molar-refractivity contribution < 1.29 is 4.74 Å². The summed E-state index contributed by atoms with van der Waals surface area (Å²) < 4.78 is 5.49. The minimum Gasteiger partial charge on any atom is -0.494 e. The van der Waals surface area contributed by atoms with Crippen LogP contribution in [0, 0.1) is 0 Å². The molecule has 1 atom stereocenters. The van der Waals surface area contributed by atoms with Gasteiger partial charge in [0.15, 0.2) is 0 Å². The molecular weight excluding hydrogens is 210 g/mol. The van der Waals surface area contributed by atoms with Gasteiger partial charge in [0, 0.05) is 6.54 Å². The van der Waals surface area contributed by atoms with Gasteiger partial charge in [-0.15, -0.1) is 12.4 Å². The van der Waals surface area contributed by atoms with Gasteiger partial charge in [-0.05, 0) is 43.5 Å². The van der Waals surface area contributed by atoms with E-state index in [1.165, 1.54) is 12.0 Å². The fourth-order valence-corrected chi connectivity index (χ4v) is 1.96. The predicted octanol–water partition coefficient (Wildman–Crippen LogP) is 2.58.